The van der Waals surface area contributed by atoms with E-state index in [9.17, 15) is 0 Å². The summed E-state index contributed by atoms with van der Waals surface area (Å²) in [5, 5.41) is 1.12. The van der Waals surface area contributed by atoms with Crippen LogP contribution in [0.4, 0.5) is 0 Å². The molecule has 0 saturated heterocycles. The van der Waals surface area contributed by atoms with Crippen LogP contribution in [-0.4, -0.2) is 9.97 Å². The molecular weight excluding hydrogens is 150 g/mol. The van der Waals surface area contributed by atoms with Gasteiger partial charge in [-0.15, -0.1) is 0 Å². The lowest BCUT2D eigenvalue weighted by Gasteiger charge is -2.00. The fourth-order valence-corrected chi connectivity index (χ4v) is 1.35. The molecule has 0 radical (unpaired) electrons. The number of H-pyrrole nitrogens is 1. The molecule has 0 spiro atoms. The molecule has 2 heterocycles. The first-order valence-corrected chi connectivity index (χ1v) is 3.96. The van der Waals surface area contributed by atoms with Crippen LogP contribution in [0.15, 0.2) is 24.5 Å². The minimum atomic E-state index is 0.0583. The Bertz CT molecular complexity index is 389. The topological polar surface area (TPSA) is 54.7 Å². The average Bonchev–Trinajstić information content (AvgIpc) is 2.47. The summed E-state index contributed by atoms with van der Waals surface area (Å²) < 4.78 is 0. The van der Waals surface area contributed by atoms with Gasteiger partial charge in [-0.1, -0.05) is 0 Å². The molecule has 1 atom stereocenters. The second kappa shape index (κ2) is 2.60. The summed E-state index contributed by atoms with van der Waals surface area (Å²) in [6.07, 6.45) is 3.69. The number of hydrogen-bond acceptors (Lipinski definition) is 2. The van der Waals surface area contributed by atoms with Crippen LogP contribution in [0.1, 0.15) is 18.5 Å². The largest absolute Gasteiger partial charge is 0.346 e. The number of nitrogens with one attached hydrogen (secondary N) is 1. The number of rotatable bonds is 1. The van der Waals surface area contributed by atoms with Gasteiger partial charge in [-0.05, 0) is 24.6 Å². The third kappa shape index (κ3) is 0.987. The van der Waals surface area contributed by atoms with Crippen molar-refractivity contribution in [2.75, 3.05) is 0 Å². The molecule has 0 unspecified atom stereocenters. The molecule has 0 aromatic carbocycles. The summed E-state index contributed by atoms with van der Waals surface area (Å²) in [5.41, 5.74) is 7.81. The number of fused-ring (bicyclic) bond motifs is 1. The van der Waals surface area contributed by atoms with E-state index in [0.717, 1.165) is 16.6 Å². The fraction of sp³-hybridized carbons (Fsp3) is 0.222. The molecule has 0 amide bonds. The van der Waals surface area contributed by atoms with E-state index in [-0.39, 0.29) is 6.04 Å². The normalized spacial score (nSPS) is 13.5. The van der Waals surface area contributed by atoms with Crippen molar-refractivity contribution in [1.82, 2.24) is 9.97 Å². The van der Waals surface area contributed by atoms with Gasteiger partial charge < -0.3 is 10.7 Å². The van der Waals surface area contributed by atoms with Crippen molar-refractivity contribution < 1.29 is 0 Å². The number of nitrogens with two attached hydrogens (primary N) is 1. The van der Waals surface area contributed by atoms with Gasteiger partial charge in [0.2, 0.25) is 0 Å². The molecule has 3 N–H and O–H groups in total. The van der Waals surface area contributed by atoms with Gasteiger partial charge in [0.1, 0.15) is 5.65 Å². The molecule has 2 aromatic heterocycles. The monoisotopic (exact) mass is 161 g/mol. The molecule has 3 nitrogen and oxygen atoms in total. The molecule has 0 saturated carbocycles. The summed E-state index contributed by atoms with van der Waals surface area (Å²) in [4.78, 5) is 7.25. The smallest absolute Gasteiger partial charge is 0.137 e. The summed E-state index contributed by atoms with van der Waals surface area (Å²) in [7, 11) is 0. The van der Waals surface area contributed by atoms with Crippen molar-refractivity contribution in [2.24, 2.45) is 5.73 Å². The van der Waals surface area contributed by atoms with Gasteiger partial charge in [-0.3, -0.25) is 0 Å². The zero-order valence-corrected chi connectivity index (χ0v) is 6.91. The predicted octanol–water partition coefficient (Wildman–Crippen LogP) is 1.58. The fourth-order valence-electron chi connectivity index (χ4n) is 1.35. The van der Waals surface area contributed by atoms with Gasteiger partial charge in [-0.25, -0.2) is 4.98 Å². The number of aromatic nitrogens is 2. The quantitative estimate of drug-likeness (QED) is 0.667. The first kappa shape index (κ1) is 7.31. The maximum absolute atomic E-state index is 5.78. The maximum Gasteiger partial charge on any atom is 0.137 e. The van der Waals surface area contributed by atoms with Crippen LogP contribution in [0.5, 0.6) is 0 Å². The van der Waals surface area contributed by atoms with Crippen LogP contribution in [0.25, 0.3) is 11.0 Å². The van der Waals surface area contributed by atoms with Crippen LogP contribution >= 0.6 is 0 Å². The van der Waals surface area contributed by atoms with Crippen molar-refractivity contribution in [3.05, 3.63) is 30.1 Å². The Morgan fingerprint density at radius 1 is 1.58 bits per heavy atom. The summed E-state index contributed by atoms with van der Waals surface area (Å²) >= 11 is 0. The van der Waals surface area contributed by atoms with Crippen LogP contribution in [0.3, 0.4) is 0 Å². The zero-order chi connectivity index (χ0) is 8.55. The van der Waals surface area contributed by atoms with E-state index in [1.165, 1.54) is 0 Å². The van der Waals surface area contributed by atoms with E-state index in [1.807, 2.05) is 25.3 Å². The summed E-state index contributed by atoms with van der Waals surface area (Å²) in [6.45, 7) is 1.97. The SMILES string of the molecule is C[C@H](N)c1c[nH]c2ncccc12. The van der Waals surface area contributed by atoms with E-state index >= 15 is 0 Å². The Labute approximate surface area is 70.6 Å². The van der Waals surface area contributed by atoms with Crippen LogP contribution in [0, 0.1) is 0 Å². The standard InChI is InChI=1S/C9H11N3/c1-6(10)8-5-12-9-7(8)3-2-4-11-9/h2-6H,10H2,1H3,(H,11,12)/t6-/m0/s1. The number of aromatic amines is 1. The van der Waals surface area contributed by atoms with E-state index in [4.69, 9.17) is 5.73 Å². The van der Waals surface area contributed by atoms with Gasteiger partial charge in [0.05, 0.1) is 0 Å². The molecule has 0 aliphatic carbocycles. The highest BCUT2D eigenvalue weighted by Gasteiger charge is 2.06. The van der Waals surface area contributed by atoms with E-state index in [1.54, 1.807) is 6.20 Å². The Balaban J connectivity index is 2.70. The lowest BCUT2D eigenvalue weighted by Crippen LogP contribution is -2.03. The molecule has 12 heavy (non-hydrogen) atoms. The predicted molar refractivity (Wildman–Crippen MR) is 48.7 cm³/mol. The van der Waals surface area contributed by atoms with E-state index in [2.05, 4.69) is 9.97 Å². The number of pyridine rings is 1. The maximum atomic E-state index is 5.78. The lowest BCUT2D eigenvalue weighted by molar-refractivity contribution is 0.826. The summed E-state index contributed by atoms with van der Waals surface area (Å²) in [6, 6.07) is 4.00. The molecule has 0 aliphatic heterocycles. The van der Waals surface area contributed by atoms with Gasteiger partial charge >= 0.3 is 0 Å². The van der Waals surface area contributed by atoms with E-state index < -0.39 is 0 Å². The summed E-state index contributed by atoms with van der Waals surface area (Å²) in [5.74, 6) is 0. The van der Waals surface area contributed by atoms with Gasteiger partial charge in [0.25, 0.3) is 0 Å². The van der Waals surface area contributed by atoms with Crippen LogP contribution in [0.2, 0.25) is 0 Å². The van der Waals surface area contributed by atoms with Crippen LogP contribution in [-0.2, 0) is 0 Å². The second-order valence-electron chi connectivity index (χ2n) is 2.93. The number of hydrogen-bond donors (Lipinski definition) is 2. The molecule has 62 valence electrons. The van der Waals surface area contributed by atoms with Crippen molar-refractivity contribution in [1.29, 1.82) is 0 Å². The molecule has 2 aromatic rings. The first-order valence-electron chi connectivity index (χ1n) is 3.96. The third-order valence-electron chi connectivity index (χ3n) is 1.97. The van der Waals surface area contributed by atoms with Crippen molar-refractivity contribution in [3.63, 3.8) is 0 Å². The highest BCUT2D eigenvalue weighted by Crippen LogP contribution is 2.20. The minimum Gasteiger partial charge on any atom is -0.346 e. The molecule has 0 aliphatic rings. The van der Waals surface area contributed by atoms with Gasteiger partial charge in [-0.2, -0.15) is 0 Å². The van der Waals surface area contributed by atoms with Crippen molar-refractivity contribution >= 4 is 11.0 Å². The van der Waals surface area contributed by atoms with Gasteiger partial charge in [0.15, 0.2) is 0 Å². The Hall–Kier alpha value is -1.35. The third-order valence-corrected chi connectivity index (χ3v) is 1.97. The Morgan fingerprint density at radius 2 is 2.42 bits per heavy atom. The lowest BCUT2D eigenvalue weighted by atomic mass is 10.1. The molecule has 3 heteroatoms. The molecular formula is C9H11N3. The molecule has 0 fully saturated rings. The van der Waals surface area contributed by atoms with Gasteiger partial charge in [0, 0.05) is 23.8 Å². The highest BCUT2D eigenvalue weighted by atomic mass is 14.8. The molecule has 2 rings (SSSR count). The Kier molecular flexibility index (Phi) is 1.59. The zero-order valence-electron chi connectivity index (χ0n) is 6.91. The van der Waals surface area contributed by atoms with E-state index in [0.29, 0.717) is 0 Å². The Morgan fingerprint density at radius 3 is 3.17 bits per heavy atom. The molecule has 0 bridgehead atoms. The first-order chi connectivity index (χ1) is 5.79. The van der Waals surface area contributed by atoms with Crippen molar-refractivity contribution in [3.8, 4) is 0 Å². The van der Waals surface area contributed by atoms with Crippen LogP contribution < -0.4 is 5.73 Å². The average molecular weight is 161 g/mol. The second-order valence-corrected chi connectivity index (χ2v) is 2.93. The minimum absolute atomic E-state index is 0.0583. The highest BCUT2D eigenvalue weighted by molar-refractivity contribution is 5.79. The van der Waals surface area contributed by atoms with Crippen molar-refractivity contribution in [2.45, 2.75) is 13.0 Å². The number of nitrogens with zero attached hydrogens (tertiary/aromatic N) is 1.